The van der Waals surface area contributed by atoms with E-state index in [1.165, 1.54) is 0 Å². The van der Waals surface area contributed by atoms with Crippen LogP contribution in [0.25, 0.3) is 0 Å². The van der Waals surface area contributed by atoms with E-state index in [0.717, 1.165) is 38.3 Å². The first-order valence-corrected chi connectivity index (χ1v) is 8.00. The van der Waals surface area contributed by atoms with E-state index in [-0.39, 0.29) is 6.04 Å². The van der Waals surface area contributed by atoms with Crippen LogP contribution < -0.4 is 10.0 Å². The third-order valence-electron chi connectivity index (χ3n) is 4.08. The van der Waals surface area contributed by atoms with Gasteiger partial charge in [-0.25, -0.2) is 13.1 Å². The van der Waals surface area contributed by atoms with Crippen molar-refractivity contribution in [1.82, 2.24) is 10.0 Å². The molecule has 1 aliphatic carbocycles. The van der Waals surface area contributed by atoms with E-state index in [1.807, 2.05) is 0 Å². The molecule has 1 heterocycles. The van der Waals surface area contributed by atoms with Crippen LogP contribution in [0.15, 0.2) is 0 Å². The van der Waals surface area contributed by atoms with E-state index < -0.39 is 14.8 Å². The molecule has 5 heteroatoms. The molecule has 0 aromatic carbocycles. The zero-order valence-electron chi connectivity index (χ0n) is 11.0. The van der Waals surface area contributed by atoms with E-state index in [2.05, 4.69) is 10.0 Å². The van der Waals surface area contributed by atoms with Gasteiger partial charge in [-0.3, -0.25) is 0 Å². The normalized spacial score (nSPS) is 34.6. The van der Waals surface area contributed by atoms with Gasteiger partial charge in [-0.05, 0) is 65.0 Å². The first kappa shape index (κ1) is 13.3. The molecule has 1 saturated carbocycles. The SMILES string of the molecule is CC(C)(C)S(=O)(=O)NC1CC[C@H]2CNC[C@H]2C1. The quantitative estimate of drug-likeness (QED) is 0.781. The molecule has 100 valence electrons. The summed E-state index contributed by atoms with van der Waals surface area (Å²) in [5, 5.41) is 3.40. The Balaban J connectivity index is 1.97. The van der Waals surface area contributed by atoms with E-state index >= 15 is 0 Å². The minimum Gasteiger partial charge on any atom is -0.316 e. The average molecular weight is 260 g/mol. The van der Waals surface area contributed by atoms with Gasteiger partial charge in [-0.1, -0.05) is 0 Å². The van der Waals surface area contributed by atoms with Crippen molar-refractivity contribution in [2.45, 2.75) is 50.8 Å². The molecular weight excluding hydrogens is 236 g/mol. The van der Waals surface area contributed by atoms with Gasteiger partial charge in [0, 0.05) is 6.04 Å². The summed E-state index contributed by atoms with van der Waals surface area (Å²) >= 11 is 0. The number of nitrogens with one attached hydrogen (secondary N) is 2. The van der Waals surface area contributed by atoms with Gasteiger partial charge in [0.15, 0.2) is 0 Å². The van der Waals surface area contributed by atoms with Crippen molar-refractivity contribution >= 4 is 10.0 Å². The molecule has 0 aromatic rings. The zero-order chi connectivity index (χ0) is 12.7. The van der Waals surface area contributed by atoms with E-state index in [9.17, 15) is 8.42 Å². The number of sulfonamides is 1. The van der Waals surface area contributed by atoms with Crippen LogP contribution in [0.2, 0.25) is 0 Å². The standard InChI is InChI=1S/C12H24N2O2S/c1-12(2,3)17(15,16)14-11-5-4-9-7-13-8-10(9)6-11/h9-11,13-14H,4-8H2,1-3H3/t9-,10+,11?/m0/s1. The monoisotopic (exact) mass is 260 g/mol. The fraction of sp³-hybridized carbons (Fsp3) is 1.00. The number of hydrogen-bond donors (Lipinski definition) is 2. The topological polar surface area (TPSA) is 58.2 Å². The highest BCUT2D eigenvalue weighted by Crippen LogP contribution is 2.33. The van der Waals surface area contributed by atoms with Crippen molar-refractivity contribution < 1.29 is 8.42 Å². The van der Waals surface area contributed by atoms with Crippen molar-refractivity contribution in [3.8, 4) is 0 Å². The summed E-state index contributed by atoms with van der Waals surface area (Å²) in [4.78, 5) is 0. The first-order chi connectivity index (χ1) is 7.79. The molecule has 0 aromatic heterocycles. The maximum atomic E-state index is 12.1. The molecule has 2 aliphatic rings. The van der Waals surface area contributed by atoms with Crippen molar-refractivity contribution in [2.24, 2.45) is 11.8 Å². The highest BCUT2D eigenvalue weighted by molar-refractivity contribution is 7.90. The van der Waals surface area contributed by atoms with Crippen LogP contribution in [0, 0.1) is 11.8 Å². The Kier molecular flexibility index (Phi) is 3.54. The largest absolute Gasteiger partial charge is 0.316 e. The van der Waals surface area contributed by atoms with E-state index in [0.29, 0.717) is 5.92 Å². The number of hydrogen-bond acceptors (Lipinski definition) is 3. The molecule has 1 aliphatic heterocycles. The molecule has 0 bridgehead atoms. The molecule has 4 nitrogen and oxygen atoms in total. The third kappa shape index (κ3) is 2.83. The zero-order valence-corrected chi connectivity index (χ0v) is 11.8. The van der Waals surface area contributed by atoms with Crippen molar-refractivity contribution in [3.63, 3.8) is 0 Å². The lowest BCUT2D eigenvalue weighted by Gasteiger charge is -2.33. The second-order valence-electron chi connectivity index (χ2n) is 6.42. The van der Waals surface area contributed by atoms with Gasteiger partial charge in [0.1, 0.15) is 0 Å². The Bertz CT molecular complexity index is 372. The van der Waals surface area contributed by atoms with Gasteiger partial charge >= 0.3 is 0 Å². The lowest BCUT2D eigenvalue weighted by molar-refractivity contribution is 0.259. The maximum Gasteiger partial charge on any atom is 0.216 e. The second-order valence-corrected chi connectivity index (χ2v) is 8.89. The Morgan fingerprint density at radius 1 is 1.12 bits per heavy atom. The molecule has 0 spiro atoms. The fourth-order valence-corrected chi connectivity index (χ4v) is 3.81. The van der Waals surface area contributed by atoms with Gasteiger partial charge in [0.05, 0.1) is 4.75 Å². The molecule has 0 radical (unpaired) electrons. The van der Waals surface area contributed by atoms with Crippen LogP contribution in [-0.2, 0) is 10.0 Å². The number of rotatable bonds is 2. The lowest BCUT2D eigenvalue weighted by Crippen LogP contribution is -2.47. The van der Waals surface area contributed by atoms with Gasteiger partial charge in [-0.2, -0.15) is 0 Å². The van der Waals surface area contributed by atoms with E-state index in [4.69, 9.17) is 0 Å². The van der Waals surface area contributed by atoms with Crippen LogP contribution in [0.5, 0.6) is 0 Å². The Labute approximate surface area is 105 Å². The molecule has 0 amide bonds. The minimum absolute atomic E-state index is 0.139. The van der Waals surface area contributed by atoms with Gasteiger partial charge in [-0.15, -0.1) is 0 Å². The smallest absolute Gasteiger partial charge is 0.216 e. The summed E-state index contributed by atoms with van der Waals surface area (Å²) in [6, 6.07) is 0.139. The predicted octanol–water partition coefficient (Wildman–Crippen LogP) is 1.09. The number of fused-ring (bicyclic) bond motifs is 1. The lowest BCUT2D eigenvalue weighted by atomic mass is 9.79. The van der Waals surface area contributed by atoms with Gasteiger partial charge in [0.2, 0.25) is 10.0 Å². The van der Waals surface area contributed by atoms with Crippen LogP contribution in [-0.4, -0.2) is 32.3 Å². The van der Waals surface area contributed by atoms with Crippen molar-refractivity contribution in [1.29, 1.82) is 0 Å². The average Bonchev–Trinajstić information content (AvgIpc) is 2.62. The Morgan fingerprint density at radius 3 is 2.41 bits per heavy atom. The summed E-state index contributed by atoms with van der Waals surface area (Å²) in [6.07, 6.45) is 3.13. The molecule has 2 rings (SSSR count). The molecule has 1 saturated heterocycles. The molecule has 17 heavy (non-hydrogen) atoms. The van der Waals surface area contributed by atoms with Crippen LogP contribution in [0.4, 0.5) is 0 Å². The first-order valence-electron chi connectivity index (χ1n) is 6.52. The van der Waals surface area contributed by atoms with Crippen molar-refractivity contribution in [3.05, 3.63) is 0 Å². The Morgan fingerprint density at radius 2 is 1.76 bits per heavy atom. The molecule has 1 unspecified atom stereocenters. The van der Waals surface area contributed by atoms with Crippen molar-refractivity contribution in [2.75, 3.05) is 13.1 Å². The molecule has 2 fully saturated rings. The predicted molar refractivity (Wildman–Crippen MR) is 69.3 cm³/mol. The fourth-order valence-electron chi connectivity index (χ4n) is 2.80. The molecule has 2 N–H and O–H groups in total. The van der Waals surface area contributed by atoms with Crippen LogP contribution in [0.3, 0.4) is 0 Å². The molecular formula is C12H24N2O2S. The van der Waals surface area contributed by atoms with Gasteiger partial charge < -0.3 is 5.32 Å². The summed E-state index contributed by atoms with van der Waals surface area (Å²) in [5.41, 5.74) is 0. The van der Waals surface area contributed by atoms with Crippen LogP contribution in [0.1, 0.15) is 40.0 Å². The Hall–Kier alpha value is -0.130. The summed E-state index contributed by atoms with van der Waals surface area (Å²) in [7, 11) is -3.20. The van der Waals surface area contributed by atoms with Crippen LogP contribution >= 0.6 is 0 Å². The van der Waals surface area contributed by atoms with E-state index in [1.54, 1.807) is 20.8 Å². The third-order valence-corrected chi connectivity index (χ3v) is 6.34. The molecule has 3 atom stereocenters. The summed E-state index contributed by atoms with van der Waals surface area (Å²) in [5.74, 6) is 1.43. The maximum absolute atomic E-state index is 12.1. The summed E-state index contributed by atoms with van der Waals surface area (Å²) in [6.45, 7) is 7.41. The van der Waals surface area contributed by atoms with Gasteiger partial charge in [0.25, 0.3) is 0 Å². The highest BCUT2D eigenvalue weighted by Gasteiger charge is 2.37. The second kappa shape index (κ2) is 4.52. The summed E-state index contributed by atoms with van der Waals surface area (Å²) < 4.78 is 26.4. The minimum atomic E-state index is -3.20. The highest BCUT2D eigenvalue weighted by atomic mass is 32.2.